The van der Waals surface area contributed by atoms with E-state index < -0.39 is 23.2 Å². The van der Waals surface area contributed by atoms with E-state index in [4.69, 9.17) is 26.9 Å². The molecule has 0 bridgehead atoms. The van der Waals surface area contributed by atoms with Crippen molar-refractivity contribution in [3.63, 3.8) is 0 Å². The number of nitrogens with two attached hydrogens (primary N) is 1. The van der Waals surface area contributed by atoms with Crippen LogP contribution >= 0.6 is 11.6 Å². The van der Waals surface area contributed by atoms with Crippen LogP contribution in [0.15, 0.2) is 94.2 Å². The fourth-order valence-corrected chi connectivity index (χ4v) is 7.48. The molecule has 0 spiro atoms. The number of nitrogens with one attached hydrogen (secondary N) is 1. The first-order valence-electron chi connectivity index (χ1n) is 19.1. The molecule has 3 N–H and O–H groups in total. The van der Waals surface area contributed by atoms with Crippen LogP contribution in [0.2, 0.25) is 5.02 Å². The fourth-order valence-electron chi connectivity index (χ4n) is 7.30. The second-order valence-electron chi connectivity index (χ2n) is 16.3. The smallest absolute Gasteiger partial charge is 0.410 e. The summed E-state index contributed by atoms with van der Waals surface area (Å²) in [6, 6.07) is 20.4. The Morgan fingerprint density at radius 1 is 0.877 bits per heavy atom. The molecular weight excluding hydrogens is 746 g/mol. The number of benzene rings is 3. The summed E-state index contributed by atoms with van der Waals surface area (Å²) in [6.45, 7) is 12.3. The lowest BCUT2D eigenvalue weighted by Gasteiger charge is -2.47. The Balaban J connectivity index is 1.47. The van der Waals surface area contributed by atoms with Gasteiger partial charge in [-0.3, -0.25) is 9.59 Å². The minimum atomic E-state index is -0.894. The molecular formula is C43H52ClN7O6. The number of carbonyl (C=O) groups is 4. The van der Waals surface area contributed by atoms with Gasteiger partial charge in [0.05, 0.1) is 11.3 Å². The summed E-state index contributed by atoms with van der Waals surface area (Å²) >= 11 is 6.34. The molecule has 0 radical (unpaired) electrons. The van der Waals surface area contributed by atoms with Gasteiger partial charge in [-0.1, -0.05) is 47.2 Å². The molecule has 3 aromatic carbocycles. The highest BCUT2D eigenvalue weighted by Crippen LogP contribution is 2.42. The van der Waals surface area contributed by atoms with Gasteiger partial charge in [0.2, 0.25) is 11.8 Å². The van der Waals surface area contributed by atoms with Gasteiger partial charge in [-0.25, -0.2) is 14.6 Å². The highest BCUT2D eigenvalue weighted by Gasteiger charge is 2.45. The number of ether oxygens (including phenoxy) is 2. The number of rotatable bonds is 9. The predicted molar refractivity (Wildman–Crippen MR) is 221 cm³/mol. The maximum atomic E-state index is 14.6. The maximum Gasteiger partial charge on any atom is 0.410 e. The molecule has 3 unspecified atom stereocenters. The van der Waals surface area contributed by atoms with Gasteiger partial charge in [0, 0.05) is 47.9 Å². The lowest BCUT2D eigenvalue weighted by molar-refractivity contribution is -0.139. The normalized spacial score (nSPS) is 19.6. The Morgan fingerprint density at radius 2 is 1.54 bits per heavy atom. The number of nitrogens with zero attached hydrogens (tertiary/aromatic N) is 5. The van der Waals surface area contributed by atoms with Crippen molar-refractivity contribution in [3.8, 4) is 0 Å². The molecule has 0 aromatic heterocycles. The van der Waals surface area contributed by atoms with E-state index in [-0.39, 0.29) is 35.7 Å². The number of carbonyl (C=O) groups excluding carboxylic acids is 4. The van der Waals surface area contributed by atoms with Crippen LogP contribution in [-0.2, 0) is 19.1 Å². The number of amides is 3. The van der Waals surface area contributed by atoms with Gasteiger partial charge >= 0.3 is 12.1 Å². The second kappa shape index (κ2) is 18.6. The van der Waals surface area contributed by atoms with Crippen molar-refractivity contribution in [1.82, 2.24) is 9.80 Å². The number of aliphatic imine (C=N–C) groups is 1. The van der Waals surface area contributed by atoms with Gasteiger partial charge in [-0.15, -0.1) is 5.11 Å². The first-order chi connectivity index (χ1) is 27.0. The van der Waals surface area contributed by atoms with E-state index in [2.05, 4.69) is 20.6 Å². The third-order valence-electron chi connectivity index (χ3n) is 9.84. The van der Waals surface area contributed by atoms with Crippen LogP contribution in [0.4, 0.5) is 16.2 Å². The van der Waals surface area contributed by atoms with Crippen molar-refractivity contribution < 1.29 is 28.7 Å². The van der Waals surface area contributed by atoms with Crippen molar-refractivity contribution in [2.45, 2.75) is 84.0 Å². The molecule has 3 atom stereocenters. The molecule has 2 heterocycles. The zero-order chi connectivity index (χ0) is 41.3. The third-order valence-corrected chi connectivity index (χ3v) is 10.1. The van der Waals surface area contributed by atoms with E-state index in [0.29, 0.717) is 53.6 Å². The predicted octanol–water partition coefficient (Wildman–Crippen LogP) is 8.58. The van der Waals surface area contributed by atoms with Crippen molar-refractivity contribution in [2.24, 2.45) is 33.0 Å². The van der Waals surface area contributed by atoms with Crippen molar-refractivity contribution in [1.29, 1.82) is 0 Å². The molecule has 57 heavy (non-hydrogen) atoms. The minimum Gasteiger partial charge on any atom is -0.456 e. The highest BCUT2D eigenvalue weighted by molar-refractivity contribution is 6.30. The molecule has 3 aromatic rings. The average molecular weight is 798 g/mol. The molecule has 5 rings (SSSR count). The van der Waals surface area contributed by atoms with Crippen molar-refractivity contribution in [3.05, 3.63) is 101 Å². The molecule has 2 saturated heterocycles. The minimum absolute atomic E-state index is 0.0264. The fraction of sp³-hybridized carbons (Fsp3) is 0.419. The number of piperidine rings is 2. The van der Waals surface area contributed by atoms with Gasteiger partial charge in [0.25, 0.3) is 0 Å². The molecule has 2 aliphatic rings. The summed E-state index contributed by atoms with van der Waals surface area (Å²) in [6.07, 6.45) is 6.01. The lowest BCUT2D eigenvalue weighted by Crippen LogP contribution is -2.57. The summed E-state index contributed by atoms with van der Waals surface area (Å²) in [5.41, 5.74) is 1.51. The van der Waals surface area contributed by atoms with Gasteiger partial charge in [-0.2, -0.15) is 0 Å². The Morgan fingerprint density at radius 3 is 2.18 bits per heavy atom. The summed E-state index contributed by atoms with van der Waals surface area (Å²) in [5.74, 6) is 3.77. The Hall–Kier alpha value is -5.56. The van der Waals surface area contributed by atoms with Crippen LogP contribution in [0.5, 0.6) is 0 Å². The second-order valence-corrected chi connectivity index (χ2v) is 16.8. The number of hydrogen-bond acceptors (Lipinski definition) is 8. The van der Waals surface area contributed by atoms with E-state index >= 15 is 0 Å². The standard InChI is InChI=1S/C43H52ClN7O6/c1-42(2,3)56-40(54)30-12-16-34(17-13-30)48-39(53)38-35(29-10-8-7-9-11-29)25-32(28-20-22-50(23-21-28)41(55)57-43(4,5)6)26-51(38)37(52)19-14-31-24-33(44)15-18-36(31)46-27-47-49-45/h7-19,24,27-28,32,35,38H,20-23,25-26H2,1-6H3,(H,48,53)(H2,45,46,47). The lowest BCUT2D eigenvalue weighted by atomic mass is 9.71. The average Bonchev–Trinajstić information content (AvgIpc) is 3.16. The first-order valence-corrected chi connectivity index (χ1v) is 19.5. The number of likely N-dealkylation sites (tertiary alicyclic amines) is 2. The van der Waals surface area contributed by atoms with Gasteiger partial charge in [-0.05, 0) is 127 Å². The quantitative estimate of drug-likeness (QED) is 0.0416. The van der Waals surface area contributed by atoms with Crippen LogP contribution in [0, 0.1) is 11.8 Å². The molecule has 0 aliphatic carbocycles. The molecule has 2 aliphatic heterocycles. The number of hydrogen-bond donors (Lipinski definition) is 2. The molecule has 2 fully saturated rings. The van der Waals surface area contributed by atoms with Gasteiger partial charge < -0.3 is 30.4 Å². The van der Waals surface area contributed by atoms with E-state index in [0.717, 1.165) is 18.4 Å². The Labute approximate surface area is 339 Å². The summed E-state index contributed by atoms with van der Waals surface area (Å²) in [7, 11) is 0. The van der Waals surface area contributed by atoms with E-state index in [9.17, 15) is 19.2 Å². The first kappa shape index (κ1) is 42.6. The van der Waals surface area contributed by atoms with Gasteiger partial charge in [0.1, 0.15) is 23.6 Å². The number of halogens is 1. The zero-order valence-electron chi connectivity index (χ0n) is 33.4. The van der Waals surface area contributed by atoms with Crippen LogP contribution in [0.25, 0.3) is 6.08 Å². The largest absolute Gasteiger partial charge is 0.456 e. The van der Waals surface area contributed by atoms with E-state index in [1.165, 1.54) is 12.4 Å². The van der Waals surface area contributed by atoms with Crippen LogP contribution in [0.1, 0.15) is 88.2 Å². The zero-order valence-corrected chi connectivity index (χ0v) is 34.1. The maximum absolute atomic E-state index is 14.6. The molecule has 0 saturated carbocycles. The summed E-state index contributed by atoms with van der Waals surface area (Å²) in [5, 5.41) is 10.3. The third kappa shape index (κ3) is 12.0. The van der Waals surface area contributed by atoms with Gasteiger partial charge in [0.15, 0.2) is 0 Å². The Kier molecular flexibility index (Phi) is 13.9. The highest BCUT2D eigenvalue weighted by atomic mass is 35.5. The van der Waals surface area contributed by atoms with Crippen molar-refractivity contribution >= 4 is 59.3 Å². The van der Waals surface area contributed by atoms with E-state index in [1.54, 1.807) is 79.1 Å². The summed E-state index contributed by atoms with van der Waals surface area (Å²) < 4.78 is 11.1. The Bertz CT molecular complexity index is 1980. The molecule has 3 amide bonds. The monoisotopic (exact) mass is 797 g/mol. The topological polar surface area (TPSA) is 168 Å². The van der Waals surface area contributed by atoms with Crippen LogP contribution < -0.4 is 11.2 Å². The number of anilines is 1. The van der Waals surface area contributed by atoms with Crippen molar-refractivity contribution in [2.75, 3.05) is 25.0 Å². The van der Waals surface area contributed by atoms with Crippen LogP contribution in [-0.4, -0.2) is 76.9 Å². The summed E-state index contributed by atoms with van der Waals surface area (Å²) in [4.78, 5) is 62.4. The molecule has 14 heteroatoms. The number of esters is 1. The molecule has 302 valence electrons. The van der Waals surface area contributed by atoms with E-state index in [1.807, 2.05) is 51.1 Å². The van der Waals surface area contributed by atoms with Crippen LogP contribution in [0.3, 0.4) is 0 Å². The molecule has 13 nitrogen and oxygen atoms in total. The SMILES string of the molecule is CC(C)(C)OC(=O)c1ccc(NC(=O)C2C(c3ccccc3)CC(C3CCN(C(=O)OC(C)(C)C)CC3)CN2C(=O)C=Cc2cc(Cl)ccc2N=CN=NN)cc1.